The fourth-order valence-electron chi connectivity index (χ4n) is 7.70. The summed E-state index contributed by atoms with van der Waals surface area (Å²) in [4.78, 5) is 27.1. The number of hydrogen-bond donors (Lipinski definition) is 3. The molecule has 0 saturated heterocycles. The lowest BCUT2D eigenvalue weighted by molar-refractivity contribution is -0.201. The molecule has 0 aromatic heterocycles. The molecule has 4 rings (SSSR count). The molecule has 2 saturated carbocycles. The van der Waals surface area contributed by atoms with Gasteiger partial charge in [0.2, 0.25) is 0 Å². The second-order valence-corrected chi connectivity index (χ2v) is 12.4. The third-order valence-corrected chi connectivity index (χ3v) is 9.81. The van der Waals surface area contributed by atoms with Crippen molar-refractivity contribution < 1.29 is 29.6 Å². The van der Waals surface area contributed by atoms with Crippen molar-refractivity contribution in [2.45, 2.75) is 84.5 Å². The van der Waals surface area contributed by atoms with E-state index in [9.17, 15) is 24.9 Å². The number of carbonyl (C=O) groups is 2. The van der Waals surface area contributed by atoms with Crippen LogP contribution in [0.15, 0.2) is 59.8 Å². The van der Waals surface area contributed by atoms with Crippen molar-refractivity contribution in [1.82, 2.24) is 0 Å². The zero-order valence-electron chi connectivity index (χ0n) is 23.4. The van der Waals surface area contributed by atoms with Gasteiger partial charge in [0.15, 0.2) is 17.5 Å². The summed E-state index contributed by atoms with van der Waals surface area (Å²) in [6.45, 7) is 9.66. The fraction of sp³-hybridized carbons (Fsp3) is 0.625. The molecule has 6 nitrogen and oxygen atoms in total. The Labute approximate surface area is 226 Å². The fourth-order valence-corrected chi connectivity index (χ4v) is 7.70. The van der Waals surface area contributed by atoms with Gasteiger partial charge in [0, 0.05) is 12.0 Å². The monoisotopic (exact) mass is 524 g/mol. The van der Waals surface area contributed by atoms with Crippen molar-refractivity contribution in [3.63, 3.8) is 0 Å². The summed E-state index contributed by atoms with van der Waals surface area (Å²) in [6.07, 6.45) is 16.4. The first-order valence-corrected chi connectivity index (χ1v) is 14.1. The standard InChI is InChI=1S/C32H44O6/c1-6-7-8-9-10-11-12-13-14-15-25(34)38-29-20(2)18-31-21(3)16-24-26(30(24,4)5)23(28(31)36)17-22(19-33)27(35)32(29,31)37/h10-15,17-18,21,23-24,26-27,29,33,35,37H,6-9,16,19H2,1-5H3/b11-10+,13-12+,15-14+/t21-,23+,24-,26+,27-,29+,31+,32+/m1/s1. The number of ketones is 1. The number of allylic oxidation sites excluding steroid dienone is 6. The van der Waals surface area contributed by atoms with Crippen LogP contribution >= 0.6 is 0 Å². The Morgan fingerprint density at radius 1 is 1.18 bits per heavy atom. The maximum atomic E-state index is 14.3. The first-order valence-electron chi connectivity index (χ1n) is 14.1. The molecule has 2 bridgehead atoms. The van der Waals surface area contributed by atoms with E-state index in [1.165, 1.54) is 18.9 Å². The minimum atomic E-state index is -2.11. The highest BCUT2D eigenvalue weighted by Crippen LogP contribution is 2.71. The summed E-state index contributed by atoms with van der Waals surface area (Å²) in [5.74, 6) is -1.27. The maximum absolute atomic E-state index is 14.3. The second kappa shape index (κ2) is 10.7. The van der Waals surface area contributed by atoms with Gasteiger partial charge in [-0.15, -0.1) is 0 Å². The van der Waals surface area contributed by atoms with Crippen LogP contribution < -0.4 is 0 Å². The molecule has 2 fully saturated rings. The van der Waals surface area contributed by atoms with E-state index in [0.29, 0.717) is 11.5 Å². The number of hydrogen-bond acceptors (Lipinski definition) is 6. The van der Waals surface area contributed by atoms with Crippen LogP contribution in [0.5, 0.6) is 0 Å². The van der Waals surface area contributed by atoms with Gasteiger partial charge in [0.25, 0.3) is 0 Å². The Morgan fingerprint density at radius 2 is 1.89 bits per heavy atom. The molecule has 4 aliphatic carbocycles. The van der Waals surface area contributed by atoms with E-state index >= 15 is 0 Å². The van der Waals surface area contributed by atoms with E-state index in [1.54, 1.807) is 31.2 Å². The zero-order chi connectivity index (χ0) is 27.9. The third-order valence-electron chi connectivity index (χ3n) is 9.81. The van der Waals surface area contributed by atoms with E-state index < -0.39 is 41.7 Å². The first-order chi connectivity index (χ1) is 18.0. The van der Waals surface area contributed by atoms with Crippen molar-refractivity contribution in [2.24, 2.45) is 34.5 Å². The van der Waals surface area contributed by atoms with Gasteiger partial charge in [0.05, 0.1) is 12.0 Å². The minimum Gasteiger partial charge on any atom is -0.451 e. The van der Waals surface area contributed by atoms with E-state index in [4.69, 9.17) is 4.74 Å². The highest BCUT2D eigenvalue weighted by molar-refractivity contribution is 5.95. The van der Waals surface area contributed by atoms with Crippen LogP contribution in [0.25, 0.3) is 0 Å². The first kappa shape index (κ1) is 28.7. The smallest absolute Gasteiger partial charge is 0.331 e. The number of unbranched alkanes of at least 4 members (excludes halogenated alkanes) is 3. The van der Waals surface area contributed by atoms with Gasteiger partial charge in [-0.05, 0) is 60.5 Å². The normalized spacial score (nSPS) is 39.5. The molecular formula is C32H44O6. The van der Waals surface area contributed by atoms with Crippen LogP contribution in [0.1, 0.15) is 66.7 Å². The number of fused-ring (bicyclic) bond motifs is 3. The van der Waals surface area contributed by atoms with Gasteiger partial charge in [-0.2, -0.15) is 0 Å². The van der Waals surface area contributed by atoms with Crippen molar-refractivity contribution in [2.75, 3.05) is 6.61 Å². The predicted molar refractivity (Wildman–Crippen MR) is 147 cm³/mol. The summed E-state index contributed by atoms with van der Waals surface area (Å²) in [5.41, 5.74) is -2.83. The topological polar surface area (TPSA) is 104 Å². The van der Waals surface area contributed by atoms with Crippen LogP contribution in [0, 0.1) is 34.5 Å². The summed E-state index contributed by atoms with van der Waals surface area (Å²) < 4.78 is 5.77. The van der Waals surface area contributed by atoms with E-state index in [0.717, 1.165) is 19.3 Å². The van der Waals surface area contributed by atoms with E-state index in [2.05, 4.69) is 26.8 Å². The lowest BCUT2D eigenvalue weighted by Crippen LogP contribution is -2.65. The van der Waals surface area contributed by atoms with Gasteiger partial charge in [0.1, 0.15) is 6.10 Å². The largest absolute Gasteiger partial charge is 0.451 e. The Bertz CT molecular complexity index is 1090. The number of ether oxygens (including phenoxy) is 1. The maximum Gasteiger partial charge on any atom is 0.331 e. The molecule has 6 heteroatoms. The van der Waals surface area contributed by atoms with Crippen molar-refractivity contribution in [1.29, 1.82) is 0 Å². The molecule has 1 spiro atoms. The van der Waals surface area contributed by atoms with Crippen LogP contribution in [0.4, 0.5) is 0 Å². The van der Waals surface area contributed by atoms with Crippen molar-refractivity contribution in [3.05, 3.63) is 59.8 Å². The molecule has 38 heavy (non-hydrogen) atoms. The van der Waals surface area contributed by atoms with E-state index in [1.807, 2.05) is 19.1 Å². The highest BCUT2D eigenvalue weighted by atomic mass is 16.6. The van der Waals surface area contributed by atoms with Crippen LogP contribution in [0.3, 0.4) is 0 Å². The average Bonchev–Trinajstić information content (AvgIpc) is 3.36. The number of aliphatic hydroxyl groups excluding tert-OH is 2. The molecular weight excluding hydrogens is 480 g/mol. The lowest BCUT2D eigenvalue weighted by Gasteiger charge is -2.48. The molecule has 0 unspecified atom stereocenters. The highest BCUT2D eigenvalue weighted by Gasteiger charge is 2.76. The average molecular weight is 525 g/mol. The molecule has 0 aromatic carbocycles. The van der Waals surface area contributed by atoms with Crippen molar-refractivity contribution >= 4 is 11.8 Å². The molecule has 0 aromatic rings. The zero-order valence-corrected chi connectivity index (χ0v) is 23.4. The van der Waals surface area contributed by atoms with Crippen LogP contribution in [-0.4, -0.2) is 51.5 Å². The molecule has 208 valence electrons. The molecule has 0 amide bonds. The van der Waals surface area contributed by atoms with E-state index in [-0.39, 0.29) is 28.6 Å². The summed E-state index contributed by atoms with van der Waals surface area (Å²) in [7, 11) is 0. The summed E-state index contributed by atoms with van der Waals surface area (Å²) in [5, 5.41) is 34.1. The molecule has 3 N–H and O–H groups in total. The summed E-state index contributed by atoms with van der Waals surface area (Å²) in [6, 6.07) is 0. The molecule has 4 aliphatic rings. The number of esters is 1. The Hall–Kier alpha value is -2.28. The summed E-state index contributed by atoms with van der Waals surface area (Å²) >= 11 is 0. The number of rotatable bonds is 9. The predicted octanol–water partition coefficient (Wildman–Crippen LogP) is 4.62. The number of carbonyl (C=O) groups excluding carboxylic acids is 2. The molecule has 0 heterocycles. The Balaban J connectivity index is 1.59. The minimum absolute atomic E-state index is 0.0348. The SMILES string of the molecule is CCCCC/C=C/C=C/C=C/C(=O)O[C@H]1C(C)=C[C@]23C(=O)[C@@H](C=C(CO)[C@@H](O)[C@]12O)[C@H]1[C@@H](C[C@H]3C)C1(C)C. The second-order valence-electron chi connectivity index (χ2n) is 12.4. The van der Waals surface area contributed by atoms with Crippen LogP contribution in [-0.2, 0) is 14.3 Å². The van der Waals surface area contributed by atoms with Crippen LogP contribution in [0.2, 0.25) is 0 Å². The third kappa shape index (κ3) is 4.39. The number of Topliss-reactive ketones (excluding diaryl/α,β-unsaturated/α-hetero) is 1. The Kier molecular flexibility index (Phi) is 8.09. The molecule has 0 aliphatic heterocycles. The van der Waals surface area contributed by atoms with Gasteiger partial charge in [-0.3, -0.25) is 4.79 Å². The molecule has 0 radical (unpaired) electrons. The lowest BCUT2D eigenvalue weighted by atomic mass is 9.59. The van der Waals surface area contributed by atoms with Gasteiger partial charge < -0.3 is 20.1 Å². The van der Waals surface area contributed by atoms with Gasteiger partial charge in [-0.25, -0.2) is 4.79 Å². The van der Waals surface area contributed by atoms with Crippen molar-refractivity contribution in [3.8, 4) is 0 Å². The number of aliphatic hydroxyl groups is 3. The van der Waals surface area contributed by atoms with Gasteiger partial charge in [-0.1, -0.05) is 83.1 Å². The quantitative estimate of drug-likeness (QED) is 0.134. The Morgan fingerprint density at radius 3 is 2.58 bits per heavy atom. The van der Waals surface area contributed by atoms with Gasteiger partial charge >= 0.3 is 5.97 Å². The molecule has 8 atom stereocenters.